The number of likely N-dealkylation sites (tertiary alicyclic amines) is 1. The maximum absolute atomic E-state index is 12.2. The van der Waals surface area contributed by atoms with Crippen LogP contribution in [0, 0.1) is 5.92 Å². The molecule has 1 N–H and O–H groups in total. The lowest BCUT2D eigenvalue weighted by molar-refractivity contribution is -0.134. The Hall–Kier alpha value is -1.93. The zero-order chi connectivity index (χ0) is 19.3. The van der Waals surface area contributed by atoms with E-state index in [1.54, 1.807) is 19.0 Å². The van der Waals surface area contributed by atoms with Gasteiger partial charge >= 0.3 is 6.61 Å². The van der Waals surface area contributed by atoms with Crippen molar-refractivity contribution in [3.63, 3.8) is 0 Å². The molecule has 26 heavy (non-hydrogen) atoms. The minimum absolute atomic E-state index is 0.00509. The summed E-state index contributed by atoms with van der Waals surface area (Å²) in [5.74, 6) is -0.256. The van der Waals surface area contributed by atoms with Gasteiger partial charge in [0.2, 0.25) is 11.8 Å². The molecule has 1 heterocycles. The fourth-order valence-electron chi connectivity index (χ4n) is 2.88. The van der Waals surface area contributed by atoms with Gasteiger partial charge in [-0.3, -0.25) is 14.5 Å². The van der Waals surface area contributed by atoms with Gasteiger partial charge in [-0.15, -0.1) is 0 Å². The highest BCUT2D eigenvalue weighted by atomic mass is 35.5. The van der Waals surface area contributed by atoms with Crippen molar-refractivity contribution in [3.05, 3.63) is 23.2 Å². The third kappa shape index (κ3) is 5.81. The van der Waals surface area contributed by atoms with E-state index in [9.17, 15) is 18.4 Å². The average Bonchev–Trinajstić information content (AvgIpc) is 2.57. The largest absolute Gasteiger partial charge is 0.433 e. The summed E-state index contributed by atoms with van der Waals surface area (Å²) in [6, 6.07) is 4.09. The van der Waals surface area contributed by atoms with Gasteiger partial charge in [0.1, 0.15) is 5.75 Å². The predicted octanol–water partition coefficient (Wildman–Crippen LogP) is 2.68. The van der Waals surface area contributed by atoms with Crippen LogP contribution in [-0.4, -0.2) is 62.0 Å². The molecule has 0 atom stereocenters. The van der Waals surface area contributed by atoms with Crippen molar-refractivity contribution in [1.29, 1.82) is 0 Å². The van der Waals surface area contributed by atoms with Crippen LogP contribution in [0.25, 0.3) is 0 Å². The Morgan fingerprint density at radius 3 is 2.54 bits per heavy atom. The number of nitrogens with one attached hydrogen (secondary N) is 1. The molecule has 0 aliphatic carbocycles. The van der Waals surface area contributed by atoms with Crippen molar-refractivity contribution in [2.24, 2.45) is 5.92 Å². The number of ether oxygens (including phenoxy) is 1. The number of carbonyl (C=O) groups is 2. The minimum Gasteiger partial charge on any atom is -0.433 e. The highest BCUT2D eigenvalue weighted by Gasteiger charge is 2.26. The summed E-state index contributed by atoms with van der Waals surface area (Å²) in [5, 5.41) is 2.67. The van der Waals surface area contributed by atoms with Gasteiger partial charge in [0.05, 0.1) is 11.6 Å². The number of benzene rings is 1. The second-order valence-corrected chi connectivity index (χ2v) is 6.76. The molecule has 0 saturated carbocycles. The molecule has 1 aromatic rings. The van der Waals surface area contributed by atoms with Gasteiger partial charge in [-0.05, 0) is 44.1 Å². The molecule has 1 aromatic carbocycles. The first-order valence-electron chi connectivity index (χ1n) is 8.24. The van der Waals surface area contributed by atoms with Crippen LogP contribution in [0.15, 0.2) is 18.2 Å². The second kappa shape index (κ2) is 9.14. The number of hydrogen-bond acceptors (Lipinski definition) is 4. The van der Waals surface area contributed by atoms with E-state index in [1.165, 1.54) is 18.2 Å². The maximum Gasteiger partial charge on any atom is 0.387 e. The molecule has 1 saturated heterocycles. The molecular formula is C17H22ClF2N3O3. The first-order valence-corrected chi connectivity index (χ1v) is 8.61. The van der Waals surface area contributed by atoms with Gasteiger partial charge in [0.15, 0.2) is 0 Å². The lowest BCUT2D eigenvalue weighted by Gasteiger charge is -2.31. The van der Waals surface area contributed by atoms with Gasteiger partial charge in [-0.2, -0.15) is 8.78 Å². The van der Waals surface area contributed by atoms with E-state index in [2.05, 4.69) is 10.1 Å². The second-order valence-electron chi connectivity index (χ2n) is 6.35. The van der Waals surface area contributed by atoms with Gasteiger partial charge < -0.3 is 15.0 Å². The van der Waals surface area contributed by atoms with E-state index in [0.717, 1.165) is 12.8 Å². The Morgan fingerprint density at radius 1 is 1.35 bits per heavy atom. The lowest BCUT2D eigenvalue weighted by Crippen LogP contribution is -2.43. The third-order valence-corrected chi connectivity index (χ3v) is 4.47. The highest BCUT2D eigenvalue weighted by molar-refractivity contribution is 6.32. The summed E-state index contributed by atoms with van der Waals surface area (Å²) < 4.78 is 28.7. The van der Waals surface area contributed by atoms with Crippen LogP contribution in [0.2, 0.25) is 5.02 Å². The molecule has 2 rings (SSSR count). The highest BCUT2D eigenvalue weighted by Crippen LogP contribution is 2.29. The van der Waals surface area contributed by atoms with Crippen LogP contribution in [-0.2, 0) is 9.59 Å². The van der Waals surface area contributed by atoms with Gasteiger partial charge in [0.25, 0.3) is 0 Å². The Balaban J connectivity index is 1.82. The molecule has 1 aliphatic heterocycles. The fourth-order valence-corrected chi connectivity index (χ4v) is 3.10. The minimum atomic E-state index is -2.96. The summed E-state index contributed by atoms with van der Waals surface area (Å²) in [6.45, 7) is -1.44. The molecular weight excluding hydrogens is 368 g/mol. The number of alkyl halides is 2. The van der Waals surface area contributed by atoms with Crippen LogP contribution < -0.4 is 10.1 Å². The summed E-state index contributed by atoms with van der Waals surface area (Å²) in [6.07, 6.45) is 1.44. The van der Waals surface area contributed by atoms with Crippen LogP contribution in [0.5, 0.6) is 5.75 Å². The summed E-state index contributed by atoms with van der Waals surface area (Å²) >= 11 is 5.86. The van der Waals surface area contributed by atoms with E-state index in [0.29, 0.717) is 18.8 Å². The first kappa shape index (κ1) is 20.4. The van der Waals surface area contributed by atoms with Crippen LogP contribution in [0.1, 0.15) is 12.8 Å². The van der Waals surface area contributed by atoms with Crippen LogP contribution >= 0.6 is 11.6 Å². The standard InChI is InChI=1S/C17H22ClF2N3O3/c1-22(2)16(25)11-5-7-23(8-6-11)10-15(24)21-12-3-4-14(13(18)9-12)26-17(19)20/h3-4,9,11,17H,5-8,10H2,1-2H3,(H,21,24). The zero-order valence-electron chi connectivity index (χ0n) is 14.7. The van der Waals surface area contributed by atoms with E-state index in [-0.39, 0.29) is 35.0 Å². The molecule has 0 aromatic heterocycles. The van der Waals surface area contributed by atoms with Crippen molar-refractivity contribution in [1.82, 2.24) is 9.80 Å². The maximum atomic E-state index is 12.2. The van der Waals surface area contributed by atoms with Crippen molar-refractivity contribution in [2.75, 3.05) is 39.0 Å². The molecule has 0 bridgehead atoms. The Labute approximate surface area is 156 Å². The predicted molar refractivity (Wildman–Crippen MR) is 94.6 cm³/mol. The molecule has 144 valence electrons. The fraction of sp³-hybridized carbons (Fsp3) is 0.529. The monoisotopic (exact) mass is 389 g/mol. The Kier molecular flexibility index (Phi) is 7.16. The molecule has 0 radical (unpaired) electrons. The first-order chi connectivity index (χ1) is 12.3. The SMILES string of the molecule is CN(C)C(=O)C1CCN(CC(=O)Nc2ccc(OC(F)F)c(Cl)c2)CC1. The van der Waals surface area contributed by atoms with E-state index in [4.69, 9.17) is 11.6 Å². The molecule has 0 spiro atoms. The zero-order valence-corrected chi connectivity index (χ0v) is 15.4. The number of amides is 2. The molecule has 9 heteroatoms. The van der Waals surface area contributed by atoms with E-state index >= 15 is 0 Å². The molecule has 0 unspecified atom stereocenters. The number of nitrogens with zero attached hydrogens (tertiary/aromatic N) is 2. The molecule has 6 nitrogen and oxygen atoms in total. The Morgan fingerprint density at radius 2 is 2.00 bits per heavy atom. The quantitative estimate of drug-likeness (QED) is 0.812. The van der Waals surface area contributed by atoms with Crippen molar-refractivity contribution < 1.29 is 23.1 Å². The normalized spacial score (nSPS) is 15.8. The van der Waals surface area contributed by atoms with Crippen molar-refractivity contribution in [2.45, 2.75) is 19.5 Å². The number of anilines is 1. The summed E-state index contributed by atoms with van der Waals surface area (Å²) in [4.78, 5) is 27.7. The van der Waals surface area contributed by atoms with Gasteiger partial charge in [-0.1, -0.05) is 11.6 Å². The van der Waals surface area contributed by atoms with E-state index in [1.807, 2.05) is 4.90 Å². The summed E-state index contributed by atoms with van der Waals surface area (Å²) in [7, 11) is 3.48. The molecule has 1 fully saturated rings. The van der Waals surface area contributed by atoms with E-state index < -0.39 is 6.61 Å². The van der Waals surface area contributed by atoms with Crippen LogP contribution in [0.3, 0.4) is 0 Å². The number of halogens is 3. The smallest absolute Gasteiger partial charge is 0.387 e. The number of carbonyl (C=O) groups excluding carboxylic acids is 2. The number of piperidine rings is 1. The topological polar surface area (TPSA) is 61.9 Å². The van der Waals surface area contributed by atoms with Crippen molar-refractivity contribution >= 4 is 29.1 Å². The Bertz CT molecular complexity index is 650. The molecule has 2 amide bonds. The number of rotatable bonds is 6. The van der Waals surface area contributed by atoms with Crippen molar-refractivity contribution in [3.8, 4) is 5.75 Å². The third-order valence-electron chi connectivity index (χ3n) is 4.18. The number of hydrogen-bond donors (Lipinski definition) is 1. The summed E-state index contributed by atoms with van der Waals surface area (Å²) in [5.41, 5.74) is 0.402. The van der Waals surface area contributed by atoms with Gasteiger partial charge in [-0.25, -0.2) is 0 Å². The lowest BCUT2D eigenvalue weighted by atomic mass is 9.95. The van der Waals surface area contributed by atoms with Crippen LogP contribution in [0.4, 0.5) is 14.5 Å². The molecule has 1 aliphatic rings. The van der Waals surface area contributed by atoms with Gasteiger partial charge in [0, 0.05) is 25.7 Å². The average molecular weight is 390 g/mol.